The number of pyridine rings is 1. The molecule has 108 valence electrons. The minimum absolute atomic E-state index is 0.234. The van der Waals surface area contributed by atoms with E-state index in [0.717, 1.165) is 11.4 Å². The number of benzene rings is 2. The molecule has 0 aliphatic carbocycles. The van der Waals surface area contributed by atoms with Crippen molar-refractivity contribution in [3.63, 3.8) is 0 Å². The van der Waals surface area contributed by atoms with Gasteiger partial charge in [-0.05, 0) is 30.3 Å². The second-order valence-corrected chi connectivity index (χ2v) is 4.65. The van der Waals surface area contributed by atoms with E-state index in [1.165, 1.54) is 12.3 Å². The zero-order valence-electron chi connectivity index (χ0n) is 11.8. The lowest BCUT2D eigenvalue weighted by molar-refractivity contribution is 0.415. The van der Waals surface area contributed by atoms with Crippen LogP contribution >= 0.6 is 0 Å². The summed E-state index contributed by atoms with van der Waals surface area (Å²) in [4.78, 5) is 4.02. The van der Waals surface area contributed by atoms with Crippen LogP contribution in [0.4, 0.5) is 15.8 Å². The number of hydrogen-bond acceptors (Lipinski definition) is 4. The quantitative estimate of drug-likeness (QED) is 0.793. The first-order chi connectivity index (χ1) is 10.7. The molecule has 1 heterocycles. The SMILES string of the molecule is COc1ccc(Nc2c(C#N)cnc3c(F)cccc23)cc1. The third-order valence-electron chi connectivity index (χ3n) is 3.33. The van der Waals surface area contributed by atoms with Gasteiger partial charge in [0.1, 0.15) is 23.2 Å². The number of ether oxygens (including phenoxy) is 1. The maximum atomic E-state index is 13.8. The van der Waals surface area contributed by atoms with Crippen molar-refractivity contribution in [2.45, 2.75) is 0 Å². The Morgan fingerprint density at radius 3 is 2.64 bits per heavy atom. The standard InChI is InChI=1S/C17H12FN3O/c1-22-13-7-5-12(6-8-13)21-16-11(9-19)10-20-17-14(16)3-2-4-15(17)18/h2-8,10H,1H3,(H,20,21). The summed E-state index contributed by atoms with van der Waals surface area (Å²) >= 11 is 0. The third kappa shape index (κ3) is 2.42. The highest BCUT2D eigenvalue weighted by molar-refractivity contribution is 5.95. The van der Waals surface area contributed by atoms with Gasteiger partial charge in [-0.1, -0.05) is 12.1 Å². The Balaban J connectivity index is 2.12. The Morgan fingerprint density at radius 1 is 1.18 bits per heavy atom. The molecule has 0 bridgehead atoms. The predicted octanol–water partition coefficient (Wildman–Crippen LogP) is 4.00. The summed E-state index contributed by atoms with van der Waals surface area (Å²) in [5.41, 5.74) is 1.90. The van der Waals surface area contributed by atoms with Gasteiger partial charge in [0.15, 0.2) is 0 Å². The summed E-state index contributed by atoms with van der Waals surface area (Å²) in [5, 5.41) is 13.0. The summed E-state index contributed by atoms with van der Waals surface area (Å²) in [6.07, 6.45) is 1.37. The van der Waals surface area contributed by atoms with Crippen LogP contribution in [0.3, 0.4) is 0 Å². The van der Waals surface area contributed by atoms with Gasteiger partial charge in [-0.25, -0.2) is 4.39 Å². The van der Waals surface area contributed by atoms with Crippen molar-refractivity contribution in [3.8, 4) is 11.8 Å². The molecule has 0 aliphatic rings. The molecule has 0 fully saturated rings. The average molecular weight is 293 g/mol. The molecule has 1 aromatic heterocycles. The zero-order chi connectivity index (χ0) is 15.5. The second-order valence-electron chi connectivity index (χ2n) is 4.65. The number of aromatic nitrogens is 1. The molecule has 0 aliphatic heterocycles. The van der Waals surface area contributed by atoms with Gasteiger partial charge >= 0.3 is 0 Å². The van der Waals surface area contributed by atoms with Crippen LogP contribution in [-0.2, 0) is 0 Å². The van der Waals surface area contributed by atoms with Crippen LogP contribution in [0, 0.1) is 17.1 Å². The van der Waals surface area contributed by atoms with Crippen LogP contribution in [0.2, 0.25) is 0 Å². The number of nitrogens with one attached hydrogen (secondary N) is 1. The lowest BCUT2D eigenvalue weighted by Crippen LogP contribution is -1.98. The van der Waals surface area contributed by atoms with E-state index in [9.17, 15) is 9.65 Å². The molecule has 4 nitrogen and oxygen atoms in total. The van der Waals surface area contributed by atoms with Crippen LogP contribution < -0.4 is 10.1 Å². The van der Waals surface area contributed by atoms with Crippen LogP contribution in [-0.4, -0.2) is 12.1 Å². The van der Waals surface area contributed by atoms with Gasteiger partial charge in [0.05, 0.1) is 18.4 Å². The predicted molar refractivity (Wildman–Crippen MR) is 82.7 cm³/mol. The number of anilines is 2. The van der Waals surface area contributed by atoms with E-state index in [0.29, 0.717) is 16.6 Å². The van der Waals surface area contributed by atoms with Gasteiger partial charge in [-0.3, -0.25) is 4.98 Å². The molecule has 2 aromatic carbocycles. The molecule has 0 saturated heterocycles. The number of fused-ring (bicyclic) bond motifs is 1. The van der Waals surface area contributed by atoms with Gasteiger partial charge in [-0.15, -0.1) is 0 Å². The maximum Gasteiger partial charge on any atom is 0.149 e. The minimum Gasteiger partial charge on any atom is -0.497 e. The van der Waals surface area contributed by atoms with Crippen molar-refractivity contribution in [1.82, 2.24) is 4.98 Å². The molecule has 0 atom stereocenters. The molecule has 0 amide bonds. The Hall–Kier alpha value is -3.13. The summed E-state index contributed by atoms with van der Waals surface area (Å²) in [5.74, 6) is 0.316. The van der Waals surface area contributed by atoms with Crippen molar-refractivity contribution in [2.75, 3.05) is 12.4 Å². The first kappa shape index (κ1) is 13.8. The van der Waals surface area contributed by atoms with Crippen molar-refractivity contribution in [3.05, 3.63) is 60.0 Å². The van der Waals surface area contributed by atoms with Crippen LogP contribution in [0.1, 0.15) is 5.56 Å². The Morgan fingerprint density at radius 2 is 1.95 bits per heavy atom. The maximum absolute atomic E-state index is 13.8. The largest absolute Gasteiger partial charge is 0.497 e. The van der Waals surface area contributed by atoms with Gasteiger partial charge in [-0.2, -0.15) is 5.26 Å². The number of rotatable bonds is 3. The Bertz CT molecular complexity index is 869. The Kier molecular flexibility index (Phi) is 3.58. The van der Waals surface area contributed by atoms with E-state index in [4.69, 9.17) is 4.74 Å². The lowest BCUT2D eigenvalue weighted by Gasteiger charge is -2.12. The highest BCUT2D eigenvalue weighted by atomic mass is 19.1. The van der Waals surface area contributed by atoms with Crippen molar-refractivity contribution in [1.29, 1.82) is 5.26 Å². The van der Waals surface area contributed by atoms with Crippen LogP contribution in [0.15, 0.2) is 48.7 Å². The van der Waals surface area contributed by atoms with E-state index in [1.807, 2.05) is 12.1 Å². The second kappa shape index (κ2) is 5.70. The van der Waals surface area contributed by atoms with E-state index in [-0.39, 0.29) is 5.52 Å². The highest BCUT2D eigenvalue weighted by Crippen LogP contribution is 2.30. The van der Waals surface area contributed by atoms with E-state index in [1.54, 1.807) is 31.4 Å². The molecular weight excluding hydrogens is 281 g/mol. The lowest BCUT2D eigenvalue weighted by atomic mass is 10.1. The van der Waals surface area contributed by atoms with E-state index >= 15 is 0 Å². The Labute approximate surface area is 126 Å². The first-order valence-corrected chi connectivity index (χ1v) is 6.61. The molecule has 5 heteroatoms. The zero-order valence-corrected chi connectivity index (χ0v) is 11.8. The summed E-state index contributed by atoms with van der Waals surface area (Å²) in [7, 11) is 1.59. The summed E-state index contributed by atoms with van der Waals surface area (Å²) in [6.45, 7) is 0. The minimum atomic E-state index is -0.417. The first-order valence-electron chi connectivity index (χ1n) is 6.61. The molecular formula is C17H12FN3O. The fourth-order valence-electron chi connectivity index (χ4n) is 2.23. The molecule has 0 saturated carbocycles. The monoisotopic (exact) mass is 293 g/mol. The van der Waals surface area contributed by atoms with Gasteiger partial charge in [0.2, 0.25) is 0 Å². The smallest absolute Gasteiger partial charge is 0.149 e. The molecule has 22 heavy (non-hydrogen) atoms. The molecule has 0 spiro atoms. The number of para-hydroxylation sites is 1. The summed E-state index contributed by atoms with van der Waals surface area (Å²) in [6, 6.07) is 14.0. The van der Waals surface area contributed by atoms with Crippen LogP contribution in [0.5, 0.6) is 5.75 Å². The number of nitrogens with zero attached hydrogens (tertiary/aromatic N) is 2. The fourth-order valence-corrected chi connectivity index (χ4v) is 2.23. The molecule has 1 N–H and O–H groups in total. The van der Waals surface area contributed by atoms with Crippen molar-refractivity contribution < 1.29 is 9.13 Å². The molecule has 3 aromatic rings. The fraction of sp³-hybridized carbons (Fsp3) is 0.0588. The van der Waals surface area contributed by atoms with Crippen molar-refractivity contribution >= 4 is 22.3 Å². The number of halogens is 1. The topological polar surface area (TPSA) is 57.9 Å². The normalized spacial score (nSPS) is 10.2. The van der Waals surface area contributed by atoms with Gasteiger partial charge in [0, 0.05) is 17.3 Å². The van der Waals surface area contributed by atoms with Gasteiger partial charge in [0.25, 0.3) is 0 Å². The molecule has 0 radical (unpaired) electrons. The van der Waals surface area contributed by atoms with Crippen molar-refractivity contribution in [2.24, 2.45) is 0 Å². The molecule has 3 rings (SSSR count). The third-order valence-corrected chi connectivity index (χ3v) is 3.33. The van der Waals surface area contributed by atoms with E-state index < -0.39 is 5.82 Å². The van der Waals surface area contributed by atoms with Crippen LogP contribution in [0.25, 0.3) is 10.9 Å². The van der Waals surface area contributed by atoms with E-state index in [2.05, 4.69) is 16.4 Å². The highest BCUT2D eigenvalue weighted by Gasteiger charge is 2.11. The number of methoxy groups -OCH3 is 1. The summed E-state index contributed by atoms with van der Waals surface area (Å²) < 4.78 is 19.0. The average Bonchev–Trinajstić information content (AvgIpc) is 2.56. The number of nitriles is 1. The number of hydrogen-bond donors (Lipinski definition) is 1. The molecule has 0 unspecified atom stereocenters. The van der Waals surface area contributed by atoms with Gasteiger partial charge < -0.3 is 10.1 Å².